The molecule has 0 aromatic rings. The van der Waals surface area contributed by atoms with Gasteiger partial charge in [0.1, 0.15) is 11.4 Å². The van der Waals surface area contributed by atoms with Crippen LogP contribution in [-0.4, -0.2) is 44.5 Å². The van der Waals surface area contributed by atoms with Crippen molar-refractivity contribution in [3.05, 3.63) is 107 Å². The molecule has 1 aliphatic carbocycles. The Morgan fingerprint density at radius 2 is 1.24 bits per heavy atom. The van der Waals surface area contributed by atoms with Crippen LogP contribution in [0.2, 0.25) is 0 Å². The number of hydrogen-bond donors (Lipinski definition) is 3. The molecule has 2 bridgehead atoms. The van der Waals surface area contributed by atoms with E-state index in [-0.39, 0.29) is 28.5 Å². The number of allylic oxidation sites excluding steroid dienone is 16. The van der Waals surface area contributed by atoms with Crippen LogP contribution in [0.4, 0.5) is 0 Å². The van der Waals surface area contributed by atoms with Crippen molar-refractivity contribution < 1.29 is 24.9 Å². The molecule has 2 aliphatic heterocycles. The first-order valence-corrected chi connectivity index (χ1v) is 16.2. The topological polar surface area (TPSA) is 87.0 Å². The first-order valence-electron chi connectivity index (χ1n) is 16.2. The highest BCUT2D eigenvalue weighted by Gasteiger charge is 2.67. The van der Waals surface area contributed by atoms with E-state index < -0.39 is 22.7 Å². The van der Waals surface area contributed by atoms with Crippen molar-refractivity contribution in [3.8, 4) is 0 Å². The van der Waals surface area contributed by atoms with E-state index in [1.54, 1.807) is 13.0 Å². The lowest BCUT2D eigenvalue weighted by Crippen LogP contribution is -2.56. The fourth-order valence-electron chi connectivity index (χ4n) is 7.27. The molecule has 45 heavy (non-hydrogen) atoms. The van der Waals surface area contributed by atoms with Gasteiger partial charge in [0.25, 0.3) is 0 Å². The molecule has 3 aliphatic rings. The van der Waals surface area contributed by atoms with Gasteiger partial charge >= 0.3 is 0 Å². The smallest absolute Gasteiger partial charge is 0.165 e. The predicted molar refractivity (Wildman–Crippen MR) is 186 cm³/mol. The Hall–Kier alpha value is -2.99. The van der Waals surface area contributed by atoms with Gasteiger partial charge in [-0.2, -0.15) is 0 Å². The molecule has 0 aromatic carbocycles. The van der Waals surface area contributed by atoms with Crippen LogP contribution in [-0.2, 0) is 9.53 Å². The quantitative estimate of drug-likeness (QED) is 0.123. The molecule has 3 rings (SSSR count). The van der Waals surface area contributed by atoms with E-state index in [4.69, 9.17) is 4.74 Å². The lowest BCUT2D eigenvalue weighted by atomic mass is 9.61. The lowest BCUT2D eigenvalue weighted by molar-refractivity contribution is -0.127. The number of rotatable bonds is 11. The highest BCUT2D eigenvalue weighted by molar-refractivity contribution is 5.96. The van der Waals surface area contributed by atoms with E-state index in [2.05, 4.69) is 52.0 Å². The van der Waals surface area contributed by atoms with Crippen molar-refractivity contribution in [1.29, 1.82) is 0 Å². The monoisotopic (exact) mass is 616 g/mol. The van der Waals surface area contributed by atoms with Crippen LogP contribution in [0, 0.1) is 16.2 Å². The third-order valence-electron chi connectivity index (χ3n) is 10.5. The third-order valence-corrected chi connectivity index (χ3v) is 10.5. The van der Waals surface area contributed by atoms with Gasteiger partial charge in [-0.15, -0.1) is 0 Å². The number of carbonyl (C=O) groups is 1. The van der Waals surface area contributed by atoms with Gasteiger partial charge in [0.2, 0.25) is 0 Å². The Morgan fingerprint density at radius 1 is 0.711 bits per heavy atom. The molecule has 0 amide bonds. The molecule has 246 valence electrons. The van der Waals surface area contributed by atoms with Crippen molar-refractivity contribution in [3.63, 3.8) is 0 Å². The summed E-state index contributed by atoms with van der Waals surface area (Å²) in [6.07, 6.45) is 27.4. The maximum atomic E-state index is 13.0. The number of ether oxygens (including phenoxy) is 1. The molecule has 0 aromatic heterocycles. The molecule has 2 saturated heterocycles. The molecule has 0 spiro atoms. The summed E-state index contributed by atoms with van der Waals surface area (Å²) >= 11 is 0. The minimum Gasteiger partial charge on any atom is -0.508 e. The van der Waals surface area contributed by atoms with Crippen LogP contribution >= 0.6 is 0 Å². The molecule has 5 heteroatoms. The molecule has 5 unspecified atom stereocenters. The summed E-state index contributed by atoms with van der Waals surface area (Å²) in [6, 6.07) is 0. The second-order valence-corrected chi connectivity index (χ2v) is 15.2. The summed E-state index contributed by atoms with van der Waals surface area (Å²) < 4.78 is 6.30. The maximum Gasteiger partial charge on any atom is 0.165 e. The second kappa shape index (κ2) is 13.8. The first kappa shape index (κ1) is 36.5. The van der Waals surface area contributed by atoms with Gasteiger partial charge in [-0.05, 0) is 70.9 Å². The van der Waals surface area contributed by atoms with Crippen molar-refractivity contribution in [2.45, 2.75) is 118 Å². The largest absolute Gasteiger partial charge is 0.508 e. The van der Waals surface area contributed by atoms with E-state index in [1.807, 2.05) is 77.2 Å². The van der Waals surface area contributed by atoms with Gasteiger partial charge in [-0.3, -0.25) is 4.79 Å². The van der Waals surface area contributed by atoms with E-state index in [0.717, 1.165) is 23.1 Å². The number of carbonyl (C=O) groups excluding carboxylic acids is 1. The zero-order chi connectivity index (χ0) is 33.8. The molecule has 0 radical (unpaired) electrons. The zero-order valence-electron chi connectivity index (χ0n) is 29.1. The highest BCUT2D eigenvalue weighted by atomic mass is 16.5. The average Bonchev–Trinajstić information content (AvgIpc) is 3.42. The summed E-state index contributed by atoms with van der Waals surface area (Å²) in [4.78, 5) is 13.0. The van der Waals surface area contributed by atoms with Crippen molar-refractivity contribution in [1.82, 2.24) is 0 Å². The summed E-state index contributed by atoms with van der Waals surface area (Å²) in [5.41, 5.74) is 1.16. The van der Waals surface area contributed by atoms with Crippen molar-refractivity contribution in [2.75, 3.05) is 0 Å². The SMILES string of the molecule is CC(C=CC=C(C)C=CC12OC(CC1(C)C)CC2(C)O)=CC=CC=C(C)C=CC=C(C)C(O)=CC(=O)C1(C)CC(O)CC1(C)C. The van der Waals surface area contributed by atoms with Gasteiger partial charge in [0, 0.05) is 23.3 Å². The molecule has 5 atom stereocenters. The number of aliphatic hydroxyl groups excluding tert-OH is 2. The standard InChI is InChI=1S/C40H56O5/c1-28(17-13-18-30(3)21-22-40-37(7,8)26-33(45-40)27-39(40,10)44)15-11-12-16-29(2)19-14-20-31(4)34(42)23-35(43)38(9)25-32(41)24-36(38,5)6/h11-23,32-33,41-42,44H,24-27H2,1-10H3. The van der Waals surface area contributed by atoms with Crippen LogP contribution < -0.4 is 0 Å². The molecule has 3 fully saturated rings. The molecule has 5 nitrogen and oxygen atoms in total. The van der Waals surface area contributed by atoms with Gasteiger partial charge in [-0.1, -0.05) is 118 Å². The zero-order valence-corrected chi connectivity index (χ0v) is 29.1. The Bertz CT molecular complexity index is 1380. The van der Waals surface area contributed by atoms with E-state index in [0.29, 0.717) is 24.8 Å². The molecular weight excluding hydrogens is 560 g/mol. The molecular formula is C40H56O5. The van der Waals surface area contributed by atoms with Gasteiger partial charge in [0.05, 0.1) is 17.8 Å². The fourth-order valence-corrected chi connectivity index (χ4v) is 7.27. The minimum absolute atomic E-state index is 0.0501. The average molecular weight is 617 g/mol. The van der Waals surface area contributed by atoms with Crippen LogP contribution in [0.5, 0.6) is 0 Å². The number of fused-ring (bicyclic) bond motifs is 2. The highest BCUT2D eigenvalue weighted by Crippen LogP contribution is 2.60. The van der Waals surface area contributed by atoms with Crippen LogP contribution in [0.15, 0.2) is 107 Å². The van der Waals surface area contributed by atoms with E-state index >= 15 is 0 Å². The van der Waals surface area contributed by atoms with E-state index in [9.17, 15) is 20.1 Å². The normalized spacial score (nSPS) is 34.4. The van der Waals surface area contributed by atoms with Crippen LogP contribution in [0.25, 0.3) is 0 Å². The van der Waals surface area contributed by atoms with Crippen molar-refractivity contribution >= 4 is 5.78 Å². The van der Waals surface area contributed by atoms with Crippen LogP contribution in [0.1, 0.15) is 94.9 Å². The summed E-state index contributed by atoms with van der Waals surface area (Å²) in [5.74, 6) is -0.202. The minimum atomic E-state index is -0.866. The van der Waals surface area contributed by atoms with Gasteiger partial charge in [-0.25, -0.2) is 0 Å². The maximum absolute atomic E-state index is 13.0. The second-order valence-electron chi connectivity index (χ2n) is 15.2. The summed E-state index contributed by atoms with van der Waals surface area (Å²) in [5, 5.41) is 31.7. The Kier molecular flexibility index (Phi) is 11.2. The Labute approximate surface area is 271 Å². The third kappa shape index (κ3) is 8.06. The summed E-state index contributed by atoms with van der Waals surface area (Å²) in [7, 11) is 0. The number of aliphatic hydroxyl groups is 3. The van der Waals surface area contributed by atoms with Gasteiger partial charge < -0.3 is 20.1 Å². The first-order chi connectivity index (χ1) is 20.8. The molecule has 3 N–H and O–H groups in total. The van der Waals surface area contributed by atoms with E-state index in [1.165, 1.54) is 6.08 Å². The van der Waals surface area contributed by atoms with Crippen molar-refractivity contribution in [2.24, 2.45) is 16.2 Å². The lowest BCUT2D eigenvalue weighted by Gasteiger charge is -2.46. The molecule has 1 saturated carbocycles. The van der Waals surface area contributed by atoms with Crippen LogP contribution in [0.3, 0.4) is 0 Å². The predicted octanol–water partition coefficient (Wildman–Crippen LogP) is 8.90. The Balaban J connectivity index is 1.53. The Morgan fingerprint density at radius 3 is 1.76 bits per heavy atom. The fraction of sp³-hybridized carbons (Fsp3) is 0.525. The summed E-state index contributed by atoms with van der Waals surface area (Å²) in [6.45, 7) is 20.0. The number of hydrogen-bond acceptors (Lipinski definition) is 5. The van der Waals surface area contributed by atoms with Gasteiger partial charge in [0.15, 0.2) is 5.78 Å². The molecule has 2 heterocycles. The number of ketones is 1.